The zero-order valence-electron chi connectivity index (χ0n) is 31.2. The Kier molecular flexibility index (Phi) is 9.27. The number of fused-ring (bicyclic) bond motifs is 4. The average Bonchev–Trinajstić information content (AvgIpc) is 3.75. The van der Waals surface area contributed by atoms with Crippen molar-refractivity contribution in [2.45, 2.75) is 78.1 Å². The number of carbonyl (C=O) groups excluding carboxylic acids is 1. The van der Waals surface area contributed by atoms with Gasteiger partial charge in [0.2, 0.25) is 0 Å². The van der Waals surface area contributed by atoms with Gasteiger partial charge in [-0.1, -0.05) is 53.5 Å². The molecule has 1 N–H and O–H groups in total. The molecule has 6 aromatic rings. The molecule has 2 unspecified atom stereocenters. The number of hydrogen-bond donors (Lipinski definition) is 1. The van der Waals surface area contributed by atoms with Crippen LogP contribution in [0.15, 0.2) is 54.6 Å². The average molecular weight is 769 g/mol. The monoisotopic (exact) mass is 767 g/mol. The molecule has 54 heavy (non-hydrogen) atoms. The summed E-state index contributed by atoms with van der Waals surface area (Å²) in [5, 5.41) is 17.4. The molecule has 0 spiro atoms. The molecule has 2 aliphatic heterocycles. The third kappa shape index (κ3) is 5.77. The quantitative estimate of drug-likeness (QED) is 0.0848. The molecule has 3 atom stereocenters. The van der Waals surface area contributed by atoms with Crippen molar-refractivity contribution in [2.75, 3.05) is 18.1 Å². The van der Waals surface area contributed by atoms with Crippen molar-refractivity contribution in [1.29, 1.82) is 0 Å². The van der Waals surface area contributed by atoms with E-state index in [9.17, 15) is 9.90 Å². The fraction of sp³-hybridized carbons (Fsp3) is 0.357. The highest BCUT2D eigenvalue weighted by molar-refractivity contribution is 6.32. The van der Waals surface area contributed by atoms with Crippen LogP contribution in [0.2, 0.25) is 5.02 Å². The van der Waals surface area contributed by atoms with E-state index in [1.807, 2.05) is 75.8 Å². The van der Waals surface area contributed by atoms with E-state index in [2.05, 4.69) is 23.6 Å². The molecule has 280 valence electrons. The Bertz CT molecular complexity index is 2470. The van der Waals surface area contributed by atoms with Crippen molar-refractivity contribution >= 4 is 62.6 Å². The second-order valence-corrected chi connectivity index (χ2v) is 15.4. The van der Waals surface area contributed by atoms with Crippen LogP contribution in [0.25, 0.3) is 32.9 Å². The maximum atomic E-state index is 15.3. The highest BCUT2D eigenvalue weighted by Gasteiger charge is 2.42. The third-order valence-electron chi connectivity index (χ3n) is 11.2. The van der Waals surface area contributed by atoms with Crippen LogP contribution in [0.3, 0.4) is 0 Å². The zero-order chi connectivity index (χ0) is 38.2. The Hall–Kier alpha value is -4.77. The third-order valence-corrected chi connectivity index (χ3v) is 12.3. The van der Waals surface area contributed by atoms with E-state index < -0.39 is 11.5 Å². The lowest BCUT2D eigenvalue weighted by molar-refractivity contribution is -0.0588. The summed E-state index contributed by atoms with van der Waals surface area (Å²) in [6, 6.07) is 17.0. The summed E-state index contributed by atoms with van der Waals surface area (Å²) in [6.07, 6.45) is 1.95. The summed E-state index contributed by atoms with van der Waals surface area (Å²) >= 11 is 13.9. The van der Waals surface area contributed by atoms with E-state index in [1.54, 1.807) is 15.5 Å². The van der Waals surface area contributed by atoms with Crippen molar-refractivity contribution in [3.8, 4) is 16.9 Å². The first-order valence-corrected chi connectivity index (χ1v) is 19.2. The van der Waals surface area contributed by atoms with Gasteiger partial charge in [0, 0.05) is 52.8 Å². The van der Waals surface area contributed by atoms with E-state index in [0.29, 0.717) is 49.5 Å². The topological polar surface area (TPSA) is 104 Å². The van der Waals surface area contributed by atoms with Gasteiger partial charge in [0.1, 0.15) is 22.6 Å². The summed E-state index contributed by atoms with van der Waals surface area (Å²) in [6.45, 7) is 11.5. The van der Waals surface area contributed by atoms with E-state index in [1.165, 1.54) is 0 Å². The summed E-state index contributed by atoms with van der Waals surface area (Å²) in [7, 11) is 1.94. The second kappa shape index (κ2) is 13.8. The molecule has 1 fully saturated rings. The number of rotatable bonds is 10. The van der Waals surface area contributed by atoms with Gasteiger partial charge >= 0.3 is 5.97 Å². The number of anilines is 1. The molecule has 0 bridgehead atoms. The van der Waals surface area contributed by atoms with Crippen LogP contribution in [0.1, 0.15) is 74.9 Å². The predicted octanol–water partition coefficient (Wildman–Crippen LogP) is 9.17. The molecule has 2 aliphatic rings. The molecule has 10 nitrogen and oxygen atoms in total. The fourth-order valence-corrected chi connectivity index (χ4v) is 8.84. The normalized spacial score (nSPS) is 18.4. The number of carbonyl (C=O) groups is 2. The number of carboxylic acids is 1. The van der Waals surface area contributed by atoms with E-state index >= 15 is 4.79 Å². The minimum absolute atomic E-state index is 0.107. The molecule has 0 aliphatic carbocycles. The maximum Gasteiger partial charge on any atom is 0.352 e. The van der Waals surface area contributed by atoms with Crippen LogP contribution in [-0.4, -0.2) is 60.7 Å². The first kappa shape index (κ1) is 36.2. The van der Waals surface area contributed by atoms with Gasteiger partial charge in [-0.05, 0) is 94.8 Å². The number of nitrogens with zero attached hydrogens (tertiary/aromatic N) is 5. The molecule has 0 radical (unpaired) electrons. The van der Waals surface area contributed by atoms with Crippen LogP contribution >= 0.6 is 23.2 Å². The number of hydrogen-bond acceptors (Lipinski definition) is 5. The van der Waals surface area contributed by atoms with Gasteiger partial charge in [0.15, 0.2) is 0 Å². The van der Waals surface area contributed by atoms with Gasteiger partial charge in [0.25, 0.3) is 5.91 Å². The van der Waals surface area contributed by atoms with Crippen molar-refractivity contribution in [2.24, 2.45) is 7.05 Å². The van der Waals surface area contributed by atoms with Crippen molar-refractivity contribution in [3.63, 3.8) is 0 Å². The van der Waals surface area contributed by atoms with Gasteiger partial charge < -0.3 is 23.7 Å². The van der Waals surface area contributed by atoms with Gasteiger partial charge in [-0.3, -0.25) is 14.4 Å². The lowest BCUT2D eigenvalue weighted by atomic mass is 9.98. The van der Waals surface area contributed by atoms with E-state index in [-0.39, 0.29) is 23.7 Å². The molecule has 3 aromatic heterocycles. The van der Waals surface area contributed by atoms with E-state index in [4.69, 9.17) is 37.8 Å². The molecule has 5 heterocycles. The summed E-state index contributed by atoms with van der Waals surface area (Å²) in [4.78, 5) is 29.5. The second-order valence-electron chi connectivity index (χ2n) is 14.6. The van der Waals surface area contributed by atoms with Crippen LogP contribution in [0, 0.1) is 27.7 Å². The number of ether oxygens (including phenoxy) is 2. The first-order valence-electron chi connectivity index (χ1n) is 18.4. The van der Waals surface area contributed by atoms with Crippen molar-refractivity contribution in [1.82, 2.24) is 18.9 Å². The Balaban J connectivity index is 1.28. The molecule has 1 amide bonds. The van der Waals surface area contributed by atoms with Gasteiger partial charge in [-0.15, -0.1) is 0 Å². The summed E-state index contributed by atoms with van der Waals surface area (Å²) in [5.74, 6) is -0.529. The number of aromatic carboxylic acids is 1. The number of alkyl halides is 1. The lowest BCUT2D eigenvalue weighted by Gasteiger charge is -2.39. The Labute approximate surface area is 323 Å². The van der Waals surface area contributed by atoms with Gasteiger partial charge in [0.05, 0.1) is 41.2 Å². The lowest BCUT2D eigenvalue weighted by Crippen LogP contribution is -2.48. The Morgan fingerprint density at radius 2 is 1.78 bits per heavy atom. The Morgan fingerprint density at radius 3 is 2.43 bits per heavy atom. The number of halogens is 2. The molecular weight excluding hydrogens is 725 g/mol. The summed E-state index contributed by atoms with van der Waals surface area (Å²) in [5.41, 5.74) is 8.84. The molecular formula is C42H43Cl2N5O5. The first-order chi connectivity index (χ1) is 25.9. The number of amides is 1. The fourth-order valence-electron chi connectivity index (χ4n) is 8.42. The summed E-state index contributed by atoms with van der Waals surface area (Å²) < 4.78 is 17.8. The molecule has 12 heteroatoms. The Morgan fingerprint density at radius 1 is 1.06 bits per heavy atom. The van der Waals surface area contributed by atoms with Crippen molar-refractivity contribution < 1.29 is 24.2 Å². The molecule has 1 saturated heterocycles. The maximum absolute atomic E-state index is 15.3. The number of aryl methyl sites for hydroxylation is 5. The zero-order valence-corrected chi connectivity index (χ0v) is 32.8. The predicted molar refractivity (Wildman–Crippen MR) is 213 cm³/mol. The van der Waals surface area contributed by atoms with Gasteiger partial charge in [-0.2, -0.15) is 5.10 Å². The number of benzene rings is 3. The molecule has 0 saturated carbocycles. The SMILES string of the molecule is Cc1cc(OCCCc2c3n(c4c(-c5c(C)nn(C)c5C)cccc24)C(C)[C@@H](Cl)N(c2cccc4cc(C(=O)O)n(CC5CCO5)c24)C3=O)cc(C)c1Cl. The minimum Gasteiger partial charge on any atom is -0.494 e. The largest absolute Gasteiger partial charge is 0.494 e. The van der Waals surface area contributed by atoms with Crippen LogP contribution in [0.4, 0.5) is 5.69 Å². The highest BCUT2D eigenvalue weighted by Crippen LogP contribution is 2.46. The molecule has 3 aromatic carbocycles. The van der Waals surface area contributed by atoms with Crippen molar-refractivity contribution in [3.05, 3.63) is 99.1 Å². The number of para-hydroxylation sites is 2. The van der Waals surface area contributed by atoms with Crippen LogP contribution < -0.4 is 9.64 Å². The highest BCUT2D eigenvalue weighted by atomic mass is 35.5. The van der Waals surface area contributed by atoms with Crippen LogP contribution in [-0.2, 0) is 24.8 Å². The smallest absolute Gasteiger partial charge is 0.352 e. The van der Waals surface area contributed by atoms with Crippen LogP contribution in [0.5, 0.6) is 5.75 Å². The number of carboxylic acid groups (broad SMARTS) is 1. The number of aromatic nitrogens is 4. The standard InChI is InChI=1S/C42H43Cl2N5O5/c1-22-18-29(19-23(2)36(22)43)53-16-9-13-31-30-11-8-12-32(35-24(3)45-46(6)25(35)4)38(30)48-26(5)40(44)49(41(50)39(31)48)33-14-7-10-27-20-34(42(51)52)47(37(27)33)21-28-15-17-54-28/h7-8,10-12,14,18-20,26,28,40H,9,13,15-17,21H2,1-6H3,(H,51,52)/t26?,28?,40-/m0/s1. The molecule has 8 rings (SSSR count). The van der Waals surface area contributed by atoms with E-state index in [0.717, 1.165) is 72.7 Å². The van der Waals surface area contributed by atoms with Gasteiger partial charge in [-0.25, -0.2) is 4.79 Å². The minimum atomic E-state index is -1.04.